The molecule has 24 heavy (non-hydrogen) atoms. The zero-order chi connectivity index (χ0) is 17.9. The molecule has 0 heterocycles. The molecular weight excluding hydrogens is 330 g/mol. The fraction of sp³-hybridized carbons (Fsp3) is 0.588. The van der Waals surface area contributed by atoms with Gasteiger partial charge in [-0.15, -0.1) is 0 Å². The van der Waals surface area contributed by atoms with Crippen LogP contribution >= 0.6 is 11.6 Å². The summed E-state index contributed by atoms with van der Waals surface area (Å²) in [5.74, 6) is 0.899. The standard InChI is InChI=1S/C17H24ClN3O3/c1-10-5-4-6-15(11(10)2)19-12(3)17(22)20-16-9-13(21(23)24)7-8-14(16)18/h7-12,15,19H,4-6H2,1-3H3,(H,20,22). The third-order valence-corrected chi connectivity index (χ3v) is 5.31. The maximum atomic E-state index is 12.4. The number of anilines is 1. The summed E-state index contributed by atoms with van der Waals surface area (Å²) < 4.78 is 0. The van der Waals surface area contributed by atoms with Crippen LogP contribution in [0, 0.1) is 22.0 Å². The smallest absolute Gasteiger partial charge is 0.271 e. The summed E-state index contributed by atoms with van der Waals surface area (Å²) in [6, 6.07) is 3.90. The van der Waals surface area contributed by atoms with E-state index in [1.54, 1.807) is 6.92 Å². The Morgan fingerprint density at radius 2 is 2.08 bits per heavy atom. The summed E-state index contributed by atoms with van der Waals surface area (Å²) in [5.41, 5.74) is 0.152. The predicted octanol–water partition coefficient (Wildman–Crippen LogP) is 3.99. The summed E-state index contributed by atoms with van der Waals surface area (Å²) in [7, 11) is 0. The topological polar surface area (TPSA) is 84.3 Å². The molecule has 4 atom stereocenters. The summed E-state index contributed by atoms with van der Waals surface area (Å²) in [6.07, 6.45) is 3.44. The van der Waals surface area contributed by atoms with Gasteiger partial charge in [0.15, 0.2) is 0 Å². The average molecular weight is 354 g/mol. The van der Waals surface area contributed by atoms with Gasteiger partial charge in [-0.1, -0.05) is 38.3 Å². The Hall–Kier alpha value is -1.66. The number of halogens is 1. The second-order valence-electron chi connectivity index (χ2n) is 6.67. The van der Waals surface area contributed by atoms with Crippen LogP contribution in [0.3, 0.4) is 0 Å². The largest absolute Gasteiger partial charge is 0.323 e. The summed E-state index contributed by atoms with van der Waals surface area (Å²) in [4.78, 5) is 22.7. The molecule has 7 heteroatoms. The van der Waals surface area contributed by atoms with Crippen molar-refractivity contribution in [1.82, 2.24) is 5.32 Å². The number of nitro benzene ring substituents is 1. The molecule has 0 aliphatic heterocycles. The van der Waals surface area contributed by atoms with Crippen molar-refractivity contribution in [3.8, 4) is 0 Å². The second-order valence-corrected chi connectivity index (χ2v) is 7.08. The first-order valence-electron chi connectivity index (χ1n) is 8.30. The van der Waals surface area contributed by atoms with Gasteiger partial charge >= 0.3 is 0 Å². The zero-order valence-corrected chi connectivity index (χ0v) is 15.0. The van der Waals surface area contributed by atoms with Crippen molar-refractivity contribution in [2.45, 2.75) is 52.1 Å². The summed E-state index contributed by atoms with van der Waals surface area (Å²) >= 11 is 6.03. The highest BCUT2D eigenvalue weighted by atomic mass is 35.5. The minimum atomic E-state index is -0.515. The second kappa shape index (κ2) is 7.94. The number of carbonyl (C=O) groups is 1. The minimum Gasteiger partial charge on any atom is -0.323 e. The monoisotopic (exact) mass is 353 g/mol. The number of non-ortho nitro benzene ring substituents is 1. The van der Waals surface area contributed by atoms with E-state index >= 15 is 0 Å². The molecule has 0 spiro atoms. The van der Waals surface area contributed by atoms with E-state index in [1.807, 2.05) is 0 Å². The van der Waals surface area contributed by atoms with Gasteiger partial charge in [-0.3, -0.25) is 14.9 Å². The lowest BCUT2D eigenvalue weighted by Gasteiger charge is -2.36. The van der Waals surface area contributed by atoms with Crippen molar-refractivity contribution in [1.29, 1.82) is 0 Å². The number of amides is 1. The molecule has 132 valence electrons. The number of benzene rings is 1. The minimum absolute atomic E-state index is 0.106. The highest BCUT2D eigenvalue weighted by Gasteiger charge is 2.29. The molecule has 1 fully saturated rings. The van der Waals surface area contributed by atoms with E-state index in [1.165, 1.54) is 24.6 Å². The number of nitro groups is 1. The van der Waals surface area contributed by atoms with Gasteiger partial charge in [-0.25, -0.2) is 0 Å². The Kier molecular flexibility index (Phi) is 6.18. The third-order valence-electron chi connectivity index (χ3n) is 4.98. The van der Waals surface area contributed by atoms with Crippen LogP contribution in [-0.4, -0.2) is 22.9 Å². The lowest BCUT2D eigenvalue weighted by Crippen LogP contribution is -2.49. The number of nitrogens with one attached hydrogen (secondary N) is 2. The maximum Gasteiger partial charge on any atom is 0.271 e. The van der Waals surface area contributed by atoms with Gasteiger partial charge < -0.3 is 10.6 Å². The molecule has 1 aliphatic carbocycles. The normalized spacial score (nSPS) is 25.1. The fourth-order valence-corrected chi connectivity index (χ4v) is 3.34. The van der Waals surface area contributed by atoms with Crippen molar-refractivity contribution in [2.75, 3.05) is 5.32 Å². The molecule has 2 N–H and O–H groups in total. The van der Waals surface area contributed by atoms with Crippen molar-refractivity contribution in [3.05, 3.63) is 33.3 Å². The van der Waals surface area contributed by atoms with Gasteiger partial charge in [0, 0.05) is 18.2 Å². The number of hydrogen-bond acceptors (Lipinski definition) is 4. The van der Waals surface area contributed by atoms with Crippen molar-refractivity contribution in [2.24, 2.45) is 11.8 Å². The van der Waals surface area contributed by atoms with E-state index in [9.17, 15) is 14.9 Å². The van der Waals surface area contributed by atoms with Crippen molar-refractivity contribution in [3.63, 3.8) is 0 Å². The SMILES string of the molecule is CC(NC1CCCC(C)C1C)C(=O)Nc1cc([N+](=O)[O-])ccc1Cl. The van der Waals surface area contributed by atoms with E-state index in [4.69, 9.17) is 11.6 Å². The van der Waals surface area contributed by atoms with E-state index in [0.717, 1.165) is 12.8 Å². The van der Waals surface area contributed by atoms with Crippen molar-refractivity contribution < 1.29 is 9.72 Å². The Balaban J connectivity index is 2.01. The lowest BCUT2D eigenvalue weighted by molar-refractivity contribution is -0.384. The highest BCUT2D eigenvalue weighted by molar-refractivity contribution is 6.33. The van der Waals surface area contributed by atoms with Gasteiger partial charge in [0.05, 0.1) is 21.7 Å². The molecule has 0 saturated heterocycles. The Bertz CT molecular complexity index is 623. The van der Waals surface area contributed by atoms with Gasteiger partial charge in [-0.2, -0.15) is 0 Å². The lowest BCUT2D eigenvalue weighted by atomic mass is 9.78. The number of hydrogen-bond donors (Lipinski definition) is 2. The first-order chi connectivity index (χ1) is 11.3. The molecule has 0 aromatic heterocycles. The molecule has 0 bridgehead atoms. The van der Waals surface area contributed by atoms with Crippen LogP contribution in [0.15, 0.2) is 18.2 Å². The Morgan fingerprint density at radius 1 is 1.38 bits per heavy atom. The summed E-state index contributed by atoms with van der Waals surface area (Å²) in [6.45, 7) is 6.25. The molecule has 6 nitrogen and oxygen atoms in total. The molecule has 1 saturated carbocycles. The number of nitrogens with zero attached hydrogens (tertiary/aromatic N) is 1. The Morgan fingerprint density at radius 3 is 2.75 bits per heavy atom. The van der Waals surface area contributed by atoms with Crippen LogP contribution in [0.4, 0.5) is 11.4 Å². The van der Waals surface area contributed by atoms with E-state index in [0.29, 0.717) is 17.9 Å². The first kappa shape index (κ1) is 18.7. The maximum absolute atomic E-state index is 12.4. The van der Waals surface area contributed by atoms with E-state index in [2.05, 4.69) is 24.5 Å². The Labute approximate surface area is 147 Å². The van der Waals surface area contributed by atoms with E-state index < -0.39 is 11.0 Å². The van der Waals surface area contributed by atoms with Crippen molar-refractivity contribution >= 4 is 28.9 Å². The van der Waals surface area contributed by atoms with Crippen LogP contribution in [-0.2, 0) is 4.79 Å². The van der Waals surface area contributed by atoms with E-state index in [-0.39, 0.29) is 22.3 Å². The highest BCUT2D eigenvalue weighted by Crippen LogP contribution is 2.30. The van der Waals surface area contributed by atoms with Crippen LogP contribution in [0.25, 0.3) is 0 Å². The quantitative estimate of drug-likeness (QED) is 0.619. The molecule has 2 rings (SSSR count). The van der Waals surface area contributed by atoms with Crippen LogP contribution in [0.2, 0.25) is 5.02 Å². The fourth-order valence-electron chi connectivity index (χ4n) is 3.18. The van der Waals surface area contributed by atoms with Gasteiger partial charge in [-0.05, 0) is 31.2 Å². The average Bonchev–Trinajstić information content (AvgIpc) is 2.53. The molecule has 0 radical (unpaired) electrons. The first-order valence-corrected chi connectivity index (χ1v) is 8.68. The van der Waals surface area contributed by atoms with Gasteiger partial charge in [0.25, 0.3) is 5.69 Å². The molecule has 1 amide bonds. The predicted molar refractivity (Wildman–Crippen MR) is 95.3 cm³/mol. The zero-order valence-electron chi connectivity index (χ0n) is 14.2. The number of rotatable bonds is 5. The van der Waals surface area contributed by atoms with Gasteiger partial charge in [0.2, 0.25) is 5.91 Å². The number of carbonyl (C=O) groups excluding carboxylic acids is 1. The molecule has 1 aliphatic rings. The molecular formula is C17H24ClN3O3. The van der Waals surface area contributed by atoms with Crippen LogP contribution in [0.1, 0.15) is 40.0 Å². The molecule has 1 aromatic rings. The van der Waals surface area contributed by atoms with Crippen LogP contribution < -0.4 is 10.6 Å². The van der Waals surface area contributed by atoms with Crippen LogP contribution in [0.5, 0.6) is 0 Å². The van der Waals surface area contributed by atoms with Gasteiger partial charge in [0.1, 0.15) is 0 Å². The molecule has 4 unspecified atom stereocenters. The molecule has 1 aromatic carbocycles. The third kappa shape index (κ3) is 4.45. The summed E-state index contributed by atoms with van der Waals surface area (Å²) in [5, 5.41) is 17.2.